The van der Waals surface area contributed by atoms with E-state index in [1.165, 1.54) is 0 Å². The smallest absolute Gasteiger partial charge is 0.215 e. The number of hydrogen-bond donors (Lipinski definition) is 0. The number of hydrogen-bond acceptors (Lipinski definition) is 3. The van der Waals surface area contributed by atoms with Crippen LogP contribution in [-0.4, -0.2) is 22.5 Å². The molecule has 0 amide bonds. The molecule has 0 N–H and O–H groups in total. The van der Waals surface area contributed by atoms with Gasteiger partial charge in [-0.25, -0.2) is 0 Å². The molecule has 0 aliphatic heterocycles. The van der Waals surface area contributed by atoms with Gasteiger partial charge in [0, 0.05) is 10.7 Å². The Balaban J connectivity index is 3.33. The van der Waals surface area contributed by atoms with Crippen LogP contribution in [0.15, 0.2) is 12.7 Å². The Morgan fingerprint density at radius 2 is 2.50 bits per heavy atom. The van der Waals surface area contributed by atoms with E-state index in [-0.39, 0.29) is 16.7 Å². The van der Waals surface area contributed by atoms with E-state index < -0.39 is 0 Å². The maximum absolute atomic E-state index is 9.94. The van der Waals surface area contributed by atoms with Gasteiger partial charge >= 0.3 is 0 Å². The average Bonchev–Trinajstić information content (AvgIpc) is 1.82. The SMILES string of the molecule is C=CCSC(C)C[N+](=O)[O-]. The van der Waals surface area contributed by atoms with Crippen LogP contribution in [0.1, 0.15) is 6.92 Å². The molecule has 0 aliphatic carbocycles. The molecule has 0 heterocycles. The molecular formula is C6H11NO2S. The van der Waals surface area contributed by atoms with E-state index in [9.17, 15) is 10.1 Å². The maximum atomic E-state index is 9.94. The summed E-state index contributed by atoms with van der Waals surface area (Å²) in [4.78, 5) is 9.65. The van der Waals surface area contributed by atoms with Crippen molar-refractivity contribution in [3.05, 3.63) is 22.8 Å². The van der Waals surface area contributed by atoms with Crippen molar-refractivity contribution in [3.63, 3.8) is 0 Å². The molecule has 0 aromatic rings. The summed E-state index contributed by atoms with van der Waals surface area (Å²) in [6, 6.07) is 0. The quantitative estimate of drug-likeness (QED) is 0.349. The van der Waals surface area contributed by atoms with E-state index in [4.69, 9.17) is 0 Å². The zero-order chi connectivity index (χ0) is 7.98. The lowest BCUT2D eigenvalue weighted by Gasteiger charge is -2.02. The highest BCUT2D eigenvalue weighted by Gasteiger charge is 2.07. The molecule has 10 heavy (non-hydrogen) atoms. The molecule has 0 rings (SSSR count). The lowest BCUT2D eigenvalue weighted by Crippen LogP contribution is -2.12. The minimum atomic E-state index is -0.291. The van der Waals surface area contributed by atoms with Gasteiger partial charge in [0.25, 0.3) is 0 Å². The van der Waals surface area contributed by atoms with E-state index in [1.54, 1.807) is 17.8 Å². The van der Waals surface area contributed by atoms with Crippen molar-refractivity contribution >= 4 is 11.8 Å². The van der Waals surface area contributed by atoms with Gasteiger partial charge in [-0.15, -0.1) is 18.3 Å². The summed E-state index contributed by atoms with van der Waals surface area (Å²) in [6.45, 7) is 5.41. The molecule has 0 radical (unpaired) electrons. The van der Waals surface area contributed by atoms with Crippen LogP contribution in [0.25, 0.3) is 0 Å². The van der Waals surface area contributed by atoms with Gasteiger partial charge in [-0.3, -0.25) is 10.1 Å². The predicted octanol–water partition coefficient (Wildman–Crippen LogP) is 1.57. The van der Waals surface area contributed by atoms with Crippen LogP contribution in [0.5, 0.6) is 0 Å². The van der Waals surface area contributed by atoms with Gasteiger partial charge in [-0.05, 0) is 6.92 Å². The summed E-state index contributed by atoms with van der Waals surface area (Å²) in [5.74, 6) is 0.787. The first-order valence-corrected chi connectivity index (χ1v) is 4.06. The fraction of sp³-hybridized carbons (Fsp3) is 0.667. The normalized spacial score (nSPS) is 12.5. The average molecular weight is 161 g/mol. The molecule has 1 atom stereocenters. The summed E-state index contributed by atoms with van der Waals surface area (Å²) >= 11 is 1.54. The fourth-order valence-corrected chi connectivity index (χ4v) is 1.19. The van der Waals surface area contributed by atoms with E-state index in [0.717, 1.165) is 5.75 Å². The molecule has 0 saturated carbocycles. The minimum Gasteiger partial charge on any atom is -0.265 e. The first kappa shape index (κ1) is 9.49. The molecule has 1 unspecified atom stereocenters. The first-order chi connectivity index (χ1) is 4.66. The molecule has 3 nitrogen and oxygen atoms in total. The van der Waals surface area contributed by atoms with Crippen molar-refractivity contribution in [1.29, 1.82) is 0 Å². The topological polar surface area (TPSA) is 43.1 Å². The first-order valence-electron chi connectivity index (χ1n) is 3.01. The highest BCUT2D eigenvalue weighted by Crippen LogP contribution is 2.09. The van der Waals surface area contributed by atoms with Crippen LogP contribution in [0.3, 0.4) is 0 Å². The van der Waals surface area contributed by atoms with Crippen LogP contribution in [0.2, 0.25) is 0 Å². The van der Waals surface area contributed by atoms with Gasteiger partial charge < -0.3 is 0 Å². The van der Waals surface area contributed by atoms with Gasteiger partial charge in [-0.2, -0.15) is 0 Å². The summed E-state index contributed by atoms with van der Waals surface area (Å²) in [5, 5.41) is 10.0. The van der Waals surface area contributed by atoms with Crippen molar-refractivity contribution < 1.29 is 4.92 Å². The molecule has 4 heteroatoms. The molecule has 0 spiro atoms. The highest BCUT2D eigenvalue weighted by molar-refractivity contribution is 8.00. The second kappa shape index (κ2) is 5.29. The Morgan fingerprint density at radius 3 is 2.90 bits per heavy atom. The third-order valence-electron chi connectivity index (χ3n) is 0.905. The monoisotopic (exact) mass is 161 g/mol. The second-order valence-electron chi connectivity index (χ2n) is 1.95. The van der Waals surface area contributed by atoms with Crippen LogP contribution >= 0.6 is 11.8 Å². The Hall–Kier alpha value is -0.510. The lowest BCUT2D eigenvalue weighted by molar-refractivity contribution is -0.478. The zero-order valence-electron chi connectivity index (χ0n) is 5.95. The third-order valence-corrected chi connectivity index (χ3v) is 2.05. The van der Waals surface area contributed by atoms with Crippen LogP contribution in [0, 0.1) is 10.1 Å². The minimum absolute atomic E-state index is 0.0402. The van der Waals surface area contributed by atoms with Crippen molar-refractivity contribution in [3.8, 4) is 0 Å². The molecule has 0 bridgehead atoms. The molecular weight excluding hydrogens is 150 g/mol. The number of nitrogens with zero attached hydrogens (tertiary/aromatic N) is 1. The predicted molar refractivity (Wildman–Crippen MR) is 44.0 cm³/mol. The van der Waals surface area contributed by atoms with Crippen LogP contribution in [0.4, 0.5) is 0 Å². The zero-order valence-corrected chi connectivity index (χ0v) is 6.76. The Bertz CT molecular complexity index is 127. The summed E-state index contributed by atoms with van der Waals surface area (Å²) < 4.78 is 0. The van der Waals surface area contributed by atoms with E-state index >= 15 is 0 Å². The molecule has 0 aromatic carbocycles. The van der Waals surface area contributed by atoms with Gasteiger partial charge in [0.2, 0.25) is 6.54 Å². The summed E-state index contributed by atoms with van der Waals surface area (Å²) in [5.41, 5.74) is 0. The molecule has 0 fully saturated rings. The number of rotatable bonds is 5. The van der Waals surface area contributed by atoms with Gasteiger partial charge in [-0.1, -0.05) is 6.08 Å². The van der Waals surface area contributed by atoms with E-state index in [0.29, 0.717) is 0 Å². The summed E-state index contributed by atoms with van der Waals surface area (Å²) in [7, 11) is 0. The highest BCUT2D eigenvalue weighted by atomic mass is 32.2. The number of nitro groups is 1. The van der Waals surface area contributed by atoms with E-state index in [2.05, 4.69) is 6.58 Å². The van der Waals surface area contributed by atoms with Crippen LogP contribution < -0.4 is 0 Å². The molecule has 58 valence electrons. The molecule has 0 aromatic heterocycles. The fourth-order valence-electron chi connectivity index (χ4n) is 0.495. The van der Waals surface area contributed by atoms with Crippen molar-refractivity contribution in [2.24, 2.45) is 0 Å². The van der Waals surface area contributed by atoms with Crippen molar-refractivity contribution in [1.82, 2.24) is 0 Å². The van der Waals surface area contributed by atoms with Gasteiger partial charge in [0.15, 0.2) is 0 Å². The molecule has 0 saturated heterocycles. The Labute approximate surface area is 64.7 Å². The lowest BCUT2D eigenvalue weighted by atomic mass is 10.5. The van der Waals surface area contributed by atoms with Gasteiger partial charge in [0.1, 0.15) is 0 Å². The summed E-state index contributed by atoms with van der Waals surface area (Å²) in [6.07, 6.45) is 1.75. The number of thioether (sulfide) groups is 1. The third kappa shape index (κ3) is 5.62. The Kier molecular flexibility index (Phi) is 5.02. The van der Waals surface area contributed by atoms with E-state index in [1.807, 2.05) is 6.92 Å². The van der Waals surface area contributed by atoms with Crippen LogP contribution in [-0.2, 0) is 0 Å². The Morgan fingerprint density at radius 1 is 1.90 bits per heavy atom. The maximum Gasteiger partial charge on any atom is 0.215 e. The van der Waals surface area contributed by atoms with Crippen molar-refractivity contribution in [2.45, 2.75) is 12.2 Å². The van der Waals surface area contributed by atoms with Crippen molar-refractivity contribution in [2.75, 3.05) is 12.3 Å². The standard InChI is InChI=1S/C6H11NO2S/c1-3-4-10-6(2)5-7(8)9/h3,6H,1,4-5H2,2H3. The molecule has 0 aliphatic rings. The van der Waals surface area contributed by atoms with Gasteiger partial charge in [0.05, 0.1) is 5.25 Å². The second-order valence-corrected chi connectivity index (χ2v) is 3.42. The largest absolute Gasteiger partial charge is 0.265 e.